The number of benzene rings is 2. The van der Waals surface area contributed by atoms with Crippen LogP contribution in [-0.2, 0) is 77.2 Å². The molecule has 0 spiro atoms. The van der Waals surface area contributed by atoms with Crippen molar-refractivity contribution < 1.29 is 84.5 Å². The smallest absolute Gasteiger partial charge is 0.303 e. The summed E-state index contributed by atoms with van der Waals surface area (Å²) in [5, 5.41) is 9.19. The van der Waals surface area contributed by atoms with Crippen molar-refractivity contribution >= 4 is 33.0 Å². The van der Waals surface area contributed by atoms with Gasteiger partial charge in [-0.25, -0.2) is 0 Å². The van der Waals surface area contributed by atoms with Crippen LogP contribution < -0.4 is 14.5 Å². The maximum atomic E-state index is 12.2. The largest absolute Gasteiger partial charge is 0.482 e. The van der Waals surface area contributed by atoms with Crippen LogP contribution in [0.1, 0.15) is 71.4 Å². The minimum absolute atomic E-state index is 0.0990. The number of allylic oxidation sites excluding steroid dienone is 4. The van der Waals surface area contributed by atoms with Gasteiger partial charge in [0.15, 0.2) is 0 Å². The van der Waals surface area contributed by atoms with E-state index in [-0.39, 0.29) is 16.7 Å². The van der Waals surface area contributed by atoms with E-state index >= 15 is 0 Å². The average molecular weight is 1140 g/mol. The third-order valence-corrected chi connectivity index (χ3v) is 13.7. The SMILES string of the molecule is COCCOCCOCCOCCOCCOCCN(CCOCCOCCOCCOCCOCCOC)c1ccc2c(c1)OC(/C=C/C=C1/N(CCCCCC(=O)O)c3ccc(S(=O)(=O)O)cc3C1(C)C)C=C2C(C)(C)C. The van der Waals surface area contributed by atoms with Crippen molar-refractivity contribution in [2.45, 2.75) is 76.7 Å². The Kier molecular flexibility index (Phi) is 32.3. The van der Waals surface area contributed by atoms with Gasteiger partial charge in [-0.3, -0.25) is 9.35 Å². The van der Waals surface area contributed by atoms with Crippen LogP contribution in [0.5, 0.6) is 5.75 Å². The van der Waals surface area contributed by atoms with Gasteiger partial charge in [0.05, 0.1) is 150 Å². The van der Waals surface area contributed by atoms with E-state index in [1.807, 2.05) is 32.1 Å². The highest BCUT2D eigenvalue weighted by Gasteiger charge is 2.40. The van der Waals surface area contributed by atoms with E-state index in [1.165, 1.54) is 6.07 Å². The van der Waals surface area contributed by atoms with Crippen molar-refractivity contribution in [2.24, 2.45) is 5.41 Å². The lowest BCUT2D eigenvalue weighted by Crippen LogP contribution is -2.32. The predicted octanol–water partition coefficient (Wildman–Crippen LogP) is 7.27. The Hall–Kier alpha value is -4.04. The van der Waals surface area contributed by atoms with Gasteiger partial charge in [-0.05, 0) is 78.0 Å². The van der Waals surface area contributed by atoms with Crippen molar-refractivity contribution in [2.75, 3.05) is 189 Å². The molecule has 0 amide bonds. The molecule has 2 aromatic carbocycles. The second-order valence-electron chi connectivity index (χ2n) is 20.3. The Balaban J connectivity index is 1.38. The zero-order chi connectivity index (χ0) is 57.2. The molecule has 0 bridgehead atoms. The van der Waals surface area contributed by atoms with Gasteiger partial charge < -0.3 is 76.5 Å². The summed E-state index contributed by atoms with van der Waals surface area (Å²) in [6.45, 7) is 23.0. The van der Waals surface area contributed by atoms with E-state index in [1.54, 1.807) is 26.4 Å². The summed E-state index contributed by atoms with van der Waals surface area (Å²) in [5.74, 6) is -0.0779. The number of hydrogen-bond donors (Lipinski definition) is 2. The first-order valence-electron chi connectivity index (χ1n) is 27.6. The first kappa shape index (κ1) is 67.5. The van der Waals surface area contributed by atoms with Gasteiger partial charge in [0.25, 0.3) is 10.1 Å². The molecule has 2 aliphatic heterocycles. The van der Waals surface area contributed by atoms with Gasteiger partial charge in [-0.2, -0.15) is 8.42 Å². The van der Waals surface area contributed by atoms with E-state index in [4.69, 9.17) is 61.6 Å². The van der Waals surface area contributed by atoms with Gasteiger partial charge >= 0.3 is 5.97 Å². The van der Waals surface area contributed by atoms with Crippen LogP contribution in [0.2, 0.25) is 0 Å². The molecule has 2 N–H and O–H groups in total. The molecule has 2 heterocycles. The molecular weight excluding hydrogens is 1040 g/mol. The Morgan fingerprint density at radius 1 is 0.658 bits per heavy atom. The number of anilines is 2. The van der Waals surface area contributed by atoms with Crippen molar-refractivity contribution in [1.82, 2.24) is 0 Å². The molecule has 448 valence electrons. The lowest BCUT2D eigenvalue weighted by Gasteiger charge is -2.33. The van der Waals surface area contributed by atoms with E-state index in [0.29, 0.717) is 178 Å². The summed E-state index contributed by atoms with van der Waals surface area (Å²) in [4.78, 5) is 15.4. The van der Waals surface area contributed by atoms with E-state index in [2.05, 4.69) is 54.8 Å². The second kappa shape index (κ2) is 37.9. The molecule has 0 saturated carbocycles. The Morgan fingerprint density at radius 2 is 1.13 bits per heavy atom. The third kappa shape index (κ3) is 25.7. The standard InChI is InChI=1S/C58H92N2O18S/c1-57(2,3)51-45-48(12-11-13-55-58(4,5)52-46-49(79(63,64)65)16-18-53(52)60(55)19-10-8-9-14-56(61)62)78-54-44-47(15-17-50(51)54)59(20-22-68-28-30-72-36-38-76-42-40-74-34-32-70-26-24-66-6)21-23-69-29-31-73-37-39-77-43-41-75-35-33-71-27-25-67-7/h11-13,15-18,44-46,48H,8-10,14,19-43H2,1-7H3,(H,61,62)(H,63,64,65)/b12-11+,55-13+. The zero-order valence-corrected chi connectivity index (χ0v) is 48.9. The molecule has 0 fully saturated rings. The first-order valence-corrected chi connectivity index (χ1v) is 29.1. The predicted molar refractivity (Wildman–Crippen MR) is 302 cm³/mol. The second-order valence-corrected chi connectivity index (χ2v) is 21.7. The molecule has 4 rings (SSSR count). The highest BCUT2D eigenvalue weighted by molar-refractivity contribution is 7.85. The molecular formula is C58H92N2O18S. The topological polar surface area (TPSA) is 218 Å². The van der Waals surface area contributed by atoms with Gasteiger partial charge in [0.2, 0.25) is 0 Å². The van der Waals surface area contributed by atoms with Gasteiger partial charge in [-0.1, -0.05) is 47.1 Å². The quantitative estimate of drug-likeness (QED) is 0.0492. The van der Waals surface area contributed by atoms with Gasteiger partial charge in [0, 0.05) is 74.4 Å². The fourth-order valence-corrected chi connectivity index (χ4v) is 9.22. The number of carboxylic acid groups (broad SMARTS) is 1. The summed E-state index contributed by atoms with van der Waals surface area (Å²) >= 11 is 0. The van der Waals surface area contributed by atoms with Crippen molar-refractivity contribution in [3.05, 3.63) is 77.5 Å². The normalized spacial score (nSPS) is 15.7. The molecule has 21 heteroatoms. The number of carbonyl (C=O) groups is 1. The van der Waals surface area contributed by atoms with E-state index < -0.39 is 27.6 Å². The minimum atomic E-state index is -4.43. The number of fused-ring (bicyclic) bond motifs is 2. The summed E-state index contributed by atoms with van der Waals surface area (Å²) in [6.07, 6.45) is 9.87. The molecule has 0 aliphatic carbocycles. The minimum Gasteiger partial charge on any atom is -0.482 e. The number of aliphatic carboxylic acids is 1. The van der Waals surface area contributed by atoms with Crippen LogP contribution in [0.25, 0.3) is 5.57 Å². The van der Waals surface area contributed by atoms with Gasteiger partial charge in [0.1, 0.15) is 11.9 Å². The summed E-state index contributed by atoms with van der Waals surface area (Å²) in [7, 11) is -1.16. The Bertz CT molecular complexity index is 2190. The number of unbranched alkanes of at least 4 members (excludes halogenated alkanes) is 2. The lowest BCUT2D eigenvalue weighted by atomic mass is 9.80. The number of carboxylic acids is 1. The van der Waals surface area contributed by atoms with Crippen molar-refractivity contribution in [3.8, 4) is 5.75 Å². The van der Waals surface area contributed by atoms with Crippen LogP contribution in [0.4, 0.5) is 11.4 Å². The van der Waals surface area contributed by atoms with E-state index in [9.17, 15) is 22.9 Å². The molecule has 0 saturated heterocycles. The third-order valence-electron chi connectivity index (χ3n) is 12.9. The molecule has 0 aromatic heterocycles. The summed E-state index contributed by atoms with van der Waals surface area (Å²) in [6, 6.07) is 11.0. The highest BCUT2D eigenvalue weighted by atomic mass is 32.2. The van der Waals surface area contributed by atoms with Crippen LogP contribution in [-0.4, -0.2) is 209 Å². The number of hydrogen-bond acceptors (Lipinski definition) is 18. The van der Waals surface area contributed by atoms with Crippen LogP contribution in [0, 0.1) is 5.41 Å². The van der Waals surface area contributed by atoms with Crippen LogP contribution in [0.3, 0.4) is 0 Å². The highest BCUT2D eigenvalue weighted by Crippen LogP contribution is 2.49. The summed E-state index contributed by atoms with van der Waals surface area (Å²) in [5.41, 5.74) is 4.81. The van der Waals surface area contributed by atoms with Crippen LogP contribution >= 0.6 is 0 Å². The summed E-state index contributed by atoms with van der Waals surface area (Å²) < 4.78 is 108. The Morgan fingerprint density at radius 3 is 1.57 bits per heavy atom. The molecule has 0 radical (unpaired) electrons. The monoisotopic (exact) mass is 1140 g/mol. The fourth-order valence-electron chi connectivity index (χ4n) is 8.71. The van der Waals surface area contributed by atoms with Crippen molar-refractivity contribution in [1.29, 1.82) is 0 Å². The fraction of sp³-hybridized carbons (Fsp3) is 0.672. The van der Waals surface area contributed by atoms with Crippen molar-refractivity contribution in [3.63, 3.8) is 0 Å². The first-order chi connectivity index (χ1) is 38.1. The molecule has 2 aliphatic rings. The number of methoxy groups -OCH3 is 2. The maximum absolute atomic E-state index is 12.2. The average Bonchev–Trinajstić information content (AvgIpc) is 3.91. The maximum Gasteiger partial charge on any atom is 0.303 e. The molecule has 1 atom stereocenters. The zero-order valence-electron chi connectivity index (χ0n) is 48.1. The molecule has 1 unspecified atom stereocenters. The molecule has 20 nitrogen and oxygen atoms in total. The molecule has 2 aromatic rings. The number of rotatable bonds is 46. The molecule has 79 heavy (non-hydrogen) atoms. The number of ether oxygens (including phenoxy) is 13. The van der Waals surface area contributed by atoms with Crippen LogP contribution in [0.15, 0.2) is 71.3 Å². The lowest BCUT2D eigenvalue weighted by molar-refractivity contribution is -0.137. The Labute approximate surface area is 470 Å². The van der Waals surface area contributed by atoms with Gasteiger partial charge in [-0.15, -0.1) is 0 Å². The number of nitrogens with zero attached hydrogens (tertiary/aromatic N) is 2. The van der Waals surface area contributed by atoms with E-state index in [0.717, 1.165) is 45.9 Å².